The first-order chi connectivity index (χ1) is 11.0. The maximum absolute atomic E-state index is 12.1. The molecule has 0 bridgehead atoms. The average molecular weight is 310 g/mol. The van der Waals surface area contributed by atoms with Crippen LogP contribution in [0.1, 0.15) is 24.5 Å². The highest BCUT2D eigenvalue weighted by atomic mass is 16.2. The molecule has 4 nitrogen and oxygen atoms in total. The van der Waals surface area contributed by atoms with Gasteiger partial charge in [-0.05, 0) is 43.2 Å². The van der Waals surface area contributed by atoms with E-state index in [-0.39, 0.29) is 18.2 Å². The summed E-state index contributed by atoms with van der Waals surface area (Å²) in [6.07, 6.45) is 0.252. The van der Waals surface area contributed by atoms with Crippen molar-refractivity contribution in [2.24, 2.45) is 0 Å². The van der Waals surface area contributed by atoms with Gasteiger partial charge in [-0.1, -0.05) is 30.3 Å². The monoisotopic (exact) mass is 310 g/mol. The molecule has 1 N–H and O–H groups in total. The summed E-state index contributed by atoms with van der Waals surface area (Å²) in [4.78, 5) is 25.6. The normalized spacial score (nSPS) is 10.2. The number of nitrogens with zero attached hydrogens (tertiary/aromatic N) is 1. The maximum Gasteiger partial charge on any atom is 0.226 e. The van der Waals surface area contributed by atoms with Crippen LogP contribution in [0.4, 0.5) is 11.4 Å². The predicted octanol–water partition coefficient (Wildman–Crippen LogP) is 3.69. The minimum absolute atomic E-state index is 0.0701. The lowest BCUT2D eigenvalue weighted by Gasteiger charge is -2.21. The largest absolute Gasteiger partial charge is 0.326 e. The van der Waals surface area contributed by atoms with E-state index in [2.05, 4.69) is 5.32 Å². The van der Waals surface area contributed by atoms with Crippen molar-refractivity contribution in [3.63, 3.8) is 0 Å². The van der Waals surface area contributed by atoms with Crippen LogP contribution in [0.2, 0.25) is 0 Å². The van der Waals surface area contributed by atoms with Gasteiger partial charge in [0, 0.05) is 31.3 Å². The summed E-state index contributed by atoms with van der Waals surface area (Å²) in [6, 6.07) is 15.4. The van der Waals surface area contributed by atoms with Crippen LogP contribution in [0.25, 0.3) is 0 Å². The predicted molar refractivity (Wildman–Crippen MR) is 93.6 cm³/mol. The summed E-state index contributed by atoms with van der Waals surface area (Å²) in [5.74, 6) is -0.169. The highest BCUT2D eigenvalue weighted by Gasteiger charge is 2.14. The molecule has 2 amide bonds. The van der Waals surface area contributed by atoms with E-state index in [9.17, 15) is 9.59 Å². The lowest BCUT2D eigenvalue weighted by molar-refractivity contribution is -0.117. The number of para-hydroxylation sites is 1. The minimum Gasteiger partial charge on any atom is -0.326 e. The molecule has 0 atom stereocenters. The van der Waals surface area contributed by atoms with Gasteiger partial charge >= 0.3 is 0 Å². The quantitative estimate of drug-likeness (QED) is 0.915. The van der Waals surface area contributed by atoms with Crippen LogP contribution in [0.3, 0.4) is 0 Å². The highest BCUT2D eigenvalue weighted by Crippen LogP contribution is 2.17. The van der Waals surface area contributed by atoms with Crippen molar-refractivity contribution in [3.8, 4) is 0 Å². The Kier molecular flexibility index (Phi) is 5.52. The number of aryl methyl sites for hydroxylation is 2. The van der Waals surface area contributed by atoms with E-state index < -0.39 is 0 Å². The van der Waals surface area contributed by atoms with Crippen molar-refractivity contribution in [1.29, 1.82) is 0 Å². The summed E-state index contributed by atoms with van der Waals surface area (Å²) in [7, 11) is 0. The Bertz CT molecular complexity index is 710. The molecule has 0 aliphatic rings. The van der Waals surface area contributed by atoms with Crippen LogP contribution in [0, 0.1) is 13.8 Å². The van der Waals surface area contributed by atoms with Crippen molar-refractivity contribution in [2.75, 3.05) is 16.8 Å². The molecule has 2 aromatic rings. The van der Waals surface area contributed by atoms with E-state index in [1.165, 1.54) is 6.92 Å². The zero-order chi connectivity index (χ0) is 16.8. The third kappa shape index (κ3) is 4.68. The second kappa shape index (κ2) is 7.58. The number of hydrogen-bond donors (Lipinski definition) is 1. The van der Waals surface area contributed by atoms with Gasteiger partial charge in [-0.2, -0.15) is 0 Å². The zero-order valence-electron chi connectivity index (χ0n) is 13.8. The first kappa shape index (κ1) is 16.7. The molecule has 0 saturated carbocycles. The molecule has 0 fully saturated rings. The molecule has 120 valence electrons. The summed E-state index contributed by atoms with van der Waals surface area (Å²) in [6.45, 7) is 5.80. The van der Waals surface area contributed by atoms with E-state index in [1.807, 2.05) is 62.4 Å². The Morgan fingerprint density at radius 3 is 2.43 bits per heavy atom. The van der Waals surface area contributed by atoms with Crippen molar-refractivity contribution in [2.45, 2.75) is 27.2 Å². The molecule has 0 spiro atoms. The lowest BCUT2D eigenvalue weighted by Crippen LogP contribution is -2.32. The minimum atomic E-state index is -0.0989. The number of anilines is 2. The summed E-state index contributed by atoms with van der Waals surface area (Å²) in [5, 5.41) is 2.89. The zero-order valence-corrected chi connectivity index (χ0v) is 13.8. The van der Waals surface area contributed by atoms with Crippen LogP contribution < -0.4 is 10.2 Å². The molecule has 2 aromatic carbocycles. The number of rotatable bonds is 5. The number of carbonyl (C=O) groups is 2. The molecule has 23 heavy (non-hydrogen) atoms. The number of carbonyl (C=O) groups excluding carboxylic acids is 2. The Morgan fingerprint density at radius 2 is 1.78 bits per heavy atom. The molecule has 0 radical (unpaired) electrons. The van der Waals surface area contributed by atoms with Crippen LogP contribution in [-0.4, -0.2) is 18.4 Å². The Morgan fingerprint density at radius 1 is 1.04 bits per heavy atom. The van der Waals surface area contributed by atoms with E-state index in [0.717, 1.165) is 22.5 Å². The number of amides is 2. The van der Waals surface area contributed by atoms with Crippen LogP contribution in [-0.2, 0) is 9.59 Å². The smallest absolute Gasteiger partial charge is 0.226 e. The highest BCUT2D eigenvalue weighted by molar-refractivity contribution is 5.95. The third-order valence-corrected chi connectivity index (χ3v) is 3.68. The summed E-state index contributed by atoms with van der Waals surface area (Å²) < 4.78 is 0. The van der Waals surface area contributed by atoms with Gasteiger partial charge in [0.15, 0.2) is 0 Å². The molecule has 0 aliphatic carbocycles. The summed E-state index contributed by atoms with van der Waals surface area (Å²) in [5.41, 5.74) is 3.73. The van der Waals surface area contributed by atoms with Crippen molar-refractivity contribution < 1.29 is 9.59 Å². The van der Waals surface area contributed by atoms with E-state index in [0.29, 0.717) is 6.54 Å². The number of benzene rings is 2. The fraction of sp³-hybridized carbons (Fsp3) is 0.263. The van der Waals surface area contributed by atoms with Gasteiger partial charge in [0.25, 0.3) is 0 Å². The second-order valence-corrected chi connectivity index (χ2v) is 5.62. The van der Waals surface area contributed by atoms with Crippen LogP contribution in [0.15, 0.2) is 48.5 Å². The van der Waals surface area contributed by atoms with E-state index >= 15 is 0 Å². The molecule has 0 aliphatic heterocycles. The standard InChI is InChI=1S/C19H22N2O2/c1-14-7-6-9-17(13-14)21(16(3)22)12-11-19(23)20-18-10-5-4-8-15(18)2/h4-10,13H,11-12H2,1-3H3,(H,20,23). The van der Waals surface area contributed by atoms with Crippen molar-refractivity contribution in [1.82, 2.24) is 0 Å². The van der Waals surface area contributed by atoms with Gasteiger partial charge in [-0.15, -0.1) is 0 Å². The van der Waals surface area contributed by atoms with E-state index in [1.54, 1.807) is 4.90 Å². The molecular weight excluding hydrogens is 288 g/mol. The molecular formula is C19H22N2O2. The van der Waals surface area contributed by atoms with Crippen LogP contribution >= 0.6 is 0 Å². The average Bonchev–Trinajstić information content (AvgIpc) is 2.49. The van der Waals surface area contributed by atoms with Gasteiger partial charge in [0.1, 0.15) is 0 Å². The fourth-order valence-corrected chi connectivity index (χ4v) is 2.40. The summed E-state index contributed by atoms with van der Waals surface area (Å²) >= 11 is 0. The van der Waals surface area contributed by atoms with Crippen molar-refractivity contribution in [3.05, 3.63) is 59.7 Å². The van der Waals surface area contributed by atoms with Gasteiger partial charge in [-0.3, -0.25) is 9.59 Å². The van der Waals surface area contributed by atoms with Gasteiger partial charge in [0.2, 0.25) is 11.8 Å². The van der Waals surface area contributed by atoms with Crippen LogP contribution in [0.5, 0.6) is 0 Å². The lowest BCUT2D eigenvalue weighted by atomic mass is 10.2. The molecule has 0 unspecified atom stereocenters. The van der Waals surface area contributed by atoms with E-state index in [4.69, 9.17) is 0 Å². The Balaban J connectivity index is 2.00. The molecule has 0 heterocycles. The molecule has 0 saturated heterocycles. The van der Waals surface area contributed by atoms with Gasteiger partial charge < -0.3 is 10.2 Å². The first-order valence-corrected chi connectivity index (χ1v) is 7.67. The third-order valence-electron chi connectivity index (χ3n) is 3.68. The number of nitrogens with one attached hydrogen (secondary N) is 1. The van der Waals surface area contributed by atoms with Crippen molar-refractivity contribution >= 4 is 23.2 Å². The van der Waals surface area contributed by atoms with Gasteiger partial charge in [-0.25, -0.2) is 0 Å². The molecule has 2 rings (SSSR count). The topological polar surface area (TPSA) is 49.4 Å². The fourth-order valence-electron chi connectivity index (χ4n) is 2.40. The number of hydrogen-bond acceptors (Lipinski definition) is 2. The first-order valence-electron chi connectivity index (χ1n) is 7.67. The Labute approximate surface area is 137 Å². The SMILES string of the molecule is CC(=O)N(CCC(=O)Nc1ccccc1C)c1cccc(C)c1. The maximum atomic E-state index is 12.1. The molecule has 4 heteroatoms. The van der Waals surface area contributed by atoms with Gasteiger partial charge in [0.05, 0.1) is 0 Å². The second-order valence-electron chi connectivity index (χ2n) is 5.62. The Hall–Kier alpha value is -2.62. The molecule has 0 aromatic heterocycles.